The molecule has 0 saturated carbocycles. The van der Waals surface area contributed by atoms with Gasteiger partial charge in [-0.3, -0.25) is 4.79 Å². The van der Waals surface area contributed by atoms with Crippen molar-refractivity contribution in [2.24, 2.45) is 5.92 Å². The highest BCUT2D eigenvalue weighted by molar-refractivity contribution is 5.74. The Morgan fingerprint density at radius 1 is 1.50 bits per heavy atom. The van der Waals surface area contributed by atoms with Gasteiger partial charge in [0, 0.05) is 19.2 Å². The van der Waals surface area contributed by atoms with Crippen molar-refractivity contribution in [1.29, 1.82) is 0 Å². The molecule has 2 heterocycles. The number of aromatic nitrogens is 2. The number of nitrogens with zero attached hydrogens (tertiary/aromatic N) is 3. The van der Waals surface area contributed by atoms with Crippen LogP contribution < -0.4 is 4.90 Å². The van der Waals surface area contributed by atoms with E-state index in [1.54, 1.807) is 4.90 Å². The quantitative estimate of drug-likeness (QED) is 0.835. The van der Waals surface area contributed by atoms with Gasteiger partial charge in [-0.1, -0.05) is 0 Å². The van der Waals surface area contributed by atoms with Gasteiger partial charge in [0.2, 0.25) is 0 Å². The molecular weight excluding hydrogens is 220 g/mol. The van der Waals surface area contributed by atoms with Crippen LogP contribution in [0.25, 0.3) is 0 Å². The van der Waals surface area contributed by atoms with Crippen LogP contribution in [0.2, 0.25) is 0 Å². The van der Waals surface area contributed by atoms with Crippen LogP contribution >= 0.6 is 0 Å². The molecule has 0 aromatic carbocycles. The van der Waals surface area contributed by atoms with E-state index in [4.69, 9.17) is 5.11 Å². The molecule has 0 spiro atoms. The topological polar surface area (TPSA) is 66.3 Å². The predicted octanol–water partition coefficient (Wildman–Crippen LogP) is 0.935. The third-order valence-electron chi connectivity index (χ3n) is 2.45. The lowest BCUT2D eigenvalue weighted by molar-refractivity contribution is -0.142. The van der Waals surface area contributed by atoms with E-state index in [0.717, 1.165) is 6.33 Å². The summed E-state index contributed by atoms with van der Waals surface area (Å²) in [6.45, 7) is 0.601. The molecule has 86 valence electrons. The van der Waals surface area contributed by atoms with Crippen LogP contribution in [0.4, 0.5) is 14.6 Å². The Kier molecular flexibility index (Phi) is 2.67. The van der Waals surface area contributed by atoms with Crippen molar-refractivity contribution >= 4 is 11.8 Å². The van der Waals surface area contributed by atoms with Crippen LogP contribution in [0.1, 0.15) is 12.1 Å². The molecule has 2 rings (SSSR count). The van der Waals surface area contributed by atoms with Gasteiger partial charge in [0.05, 0.1) is 5.92 Å². The summed E-state index contributed by atoms with van der Waals surface area (Å²) < 4.78 is 24.7. The van der Waals surface area contributed by atoms with Crippen LogP contribution in [-0.4, -0.2) is 34.1 Å². The van der Waals surface area contributed by atoms with Crippen molar-refractivity contribution in [2.45, 2.75) is 6.43 Å². The van der Waals surface area contributed by atoms with E-state index < -0.39 is 18.3 Å². The second kappa shape index (κ2) is 3.99. The molecule has 1 aliphatic heterocycles. The number of halogens is 2. The summed E-state index contributed by atoms with van der Waals surface area (Å²) in [5.74, 6) is -0.966. The Morgan fingerprint density at radius 3 is 2.75 bits per heavy atom. The van der Waals surface area contributed by atoms with E-state index in [0.29, 0.717) is 18.9 Å². The Hall–Kier alpha value is -1.79. The van der Waals surface area contributed by atoms with Crippen LogP contribution in [0.3, 0.4) is 0 Å². The highest BCUT2D eigenvalue weighted by atomic mass is 19.3. The largest absolute Gasteiger partial charge is 0.481 e. The number of rotatable bonds is 3. The summed E-state index contributed by atoms with van der Waals surface area (Å²) in [6.07, 6.45) is -1.58. The van der Waals surface area contributed by atoms with Gasteiger partial charge in [0.15, 0.2) is 0 Å². The van der Waals surface area contributed by atoms with Crippen molar-refractivity contribution in [2.75, 3.05) is 18.0 Å². The zero-order chi connectivity index (χ0) is 11.7. The van der Waals surface area contributed by atoms with Gasteiger partial charge >= 0.3 is 5.97 Å². The Balaban J connectivity index is 2.06. The fraction of sp³-hybridized carbons (Fsp3) is 0.444. The maximum Gasteiger partial charge on any atom is 0.310 e. The van der Waals surface area contributed by atoms with Gasteiger partial charge in [-0.15, -0.1) is 0 Å². The highest BCUT2D eigenvalue weighted by Gasteiger charge is 2.33. The fourth-order valence-corrected chi connectivity index (χ4v) is 1.48. The van der Waals surface area contributed by atoms with Gasteiger partial charge in [0.25, 0.3) is 6.43 Å². The normalized spacial score (nSPS) is 16.3. The SMILES string of the molecule is O=C(O)C1CN(c2cc(C(F)F)ncn2)C1. The van der Waals surface area contributed by atoms with Crippen LogP contribution in [-0.2, 0) is 4.79 Å². The van der Waals surface area contributed by atoms with Crippen molar-refractivity contribution in [3.8, 4) is 0 Å². The van der Waals surface area contributed by atoms with Gasteiger partial charge in [-0.25, -0.2) is 18.7 Å². The summed E-state index contributed by atoms with van der Waals surface area (Å²) in [6, 6.07) is 1.18. The minimum Gasteiger partial charge on any atom is -0.481 e. The standard InChI is InChI=1S/C9H9F2N3O2/c10-8(11)6-1-7(13-4-12-6)14-2-5(3-14)9(15)16/h1,4-5,8H,2-3H2,(H,15,16). The molecule has 0 bridgehead atoms. The molecule has 0 amide bonds. The summed E-state index contributed by atoms with van der Waals surface area (Å²) in [5, 5.41) is 8.66. The molecule has 1 aromatic rings. The van der Waals surface area contributed by atoms with Crippen molar-refractivity contribution in [3.63, 3.8) is 0 Å². The van der Waals surface area contributed by atoms with Crippen molar-refractivity contribution in [1.82, 2.24) is 9.97 Å². The lowest BCUT2D eigenvalue weighted by atomic mass is 10.0. The smallest absolute Gasteiger partial charge is 0.310 e. The Morgan fingerprint density at radius 2 is 2.19 bits per heavy atom. The van der Waals surface area contributed by atoms with E-state index >= 15 is 0 Å². The minimum absolute atomic E-state index is 0.301. The number of hydrogen-bond donors (Lipinski definition) is 1. The average Bonchev–Trinajstić information content (AvgIpc) is 2.15. The number of carboxylic acids is 1. The molecule has 0 radical (unpaired) electrons. The molecule has 1 saturated heterocycles. The molecule has 1 fully saturated rings. The van der Waals surface area contributed by atoms with E-state index in [9.17, 15) is 13.6 Å². The first-order valence-electron chi connectivity index (χ1n) is 4.66. The molecular formula is C9H9F2N3O2. The lowest BCUT2D eigenvalue weighted by Crippen LogP contribution is -2.50. The maximum atomic E-state index is 12.3. The molecule has 1 N–H and O–H groups in total. The first kappa shape index (κ1) is 10.7. The van der Waals surface area contributed by atoms with Gasteiger partial charge in [0.1, 0.15) is 17.8 Å². The number of hydrogen-bond acceptors (Lipinski definition) is 4. The van der Waals surface area contributed by atoms with Gasteiger partial charge in [-0.05, 0) is 0 Å². The number of anilines is 1. The minimum atomic E-state index is -2.64. The summed E-state index contributed by atoms with van der Waals surface area (Å²) in [7, 11) is 0. The summed E-state index contributed by atoms with van der Waals surface area (Å²) in [4.78, 5) is 19.4. The van der Waals surface area contributed by atoms with E-state index in [-0.39, 0.29) is 5.69 Å². The second-order valence-corrected chi connectivity index (χ2v) is 3.54. The first-order valence-corrected chi connectivity index (χ1v) is 4.66. The summed E-state index contributed by atoms with van der Waals surface area (Å²) in [5.41, 5.74) is -0.344. The number of carbonyl (C=O) groups is 1. The fourth-order valence-electron chi connectivity index (χ4n) is 1.48. The molecule has 16 heavy (non-hydrogen) atoms. The monoisotopic (exact) mass is 229 g/mol. The summed E-state index contributed by atoms with van der Waals surface area (Å²) >= 11 is 0. The zero-order valence-corrected chi connectivity index (χ0v) is 8.18. The molecule has 1 aromatic heterocycles. The van der Waals surface area contributed by atoms with E-state index in [1.807, 2.05) is 0 Å². The van der Waals surface area contributed by atoms with Crippen molar-refractivity contribution < 1.29 is 18.7 Å². The zero-order valence-electron chi connectivity index (χ0n) is 8.18. The van der Waals surface area contributed by atoms with E-state index in [1.165, 1.54) is 6.07 Å². The molecule has 5 nitrogen and oxygen atoms in total. The Labute approximate surface area is 89.7 Å². The number of alkyl halides is 2. The maximum absolute atomic E-state index is 12.3. The van der Waals surface area contributed by atoms with Crippen molar-refractivity contribution in [3.05, 3.63) is 18.1 Å². The Bertz CT molecular complexity index is 407. The average molecular weight is 229 g/mol. The van der Waals surface area contributed by atoms with Crippen LogP contribution in [0.15, 0.2) is 12.4 Å². The predicted molar refractivity (Wildman–Crippen MR) is 50.3 cm³/mol. The third-order valence-corrected chi connectivity index (χ3v) is 2.45. The first-order chi connectivity index (χ1) is 7.58. The van der Waals surface area contributed by atoms with E-state index in [2.05, 4.69) is 9.97 Å². The molecule has 0 unspecified atom stereocenters. The number of carboxylic acid groups (broad SMARTS) is 1. The molecule has 7 heteroatoms. The highest BCUT2D eigenvalue weighted by Crippen LogP contribution is 2.25. The van der Waals surface area contributed by atoms with Crippen LogP contribution in [0, 0.1) is 5.92 Å². The molecule has 0 aliphatic carbocycles. The molecule has 0 atom stereocenters. The molecule has 1 aliphatic rings. The number of aliphatic carboxylic acids is 1. The van der Waals surface area contributed by atoms with Gasteiger partial charge < -0.3 is 10.0 Å². The van der Waals surface area contributed by atoms with Gasteiger partial charge in [-0.2, -0.15) is 0 Å². The van der Waals surface area contributed by atoms with Crippen LogP contribution in [0.5, 0.6) is 0 Å². The third kappa shape index (κ3) is 1.93. The lowest BCUT2D eigenvalue weighted by Gasteiger charge is -2.37. The second-order valence-electron chi connectivity index (χ2n) is 3.54.